The van der Waals surface area contributed by atoms with Gasteiger partial charge in [0.1, 0.15) is 0 Å². The van der Waals surface area contributed by atoms with E-state index in [1.54, 1.807) is 6.08 Å². The van der Waals surface area contributed by atoms with Crippen molar-refractivity contribution in [2.75, 3.05) is 26.2 Å². The van der Waals surface area contributed by atoms with Crippen molar-refractivity contribution in [1.29, 1.82) is 0 Å². The van der Waals surface area contributed by atoms with Gasteiger partial charge in [-0.3, -0.25) is 4.79 Å². The molecule has 1 aromatic rings. The van der Waals surface area contributed by atoms with Crippen molar-refractivity contribution >= 4 is 22.0 Å². The number of rotatable bonds is 4. The van der Waals surface area contributed by atoms with Gasteiger partial charge in [-0.25, -0.2) is 8.42 Å². The van der Waals surface area contributed by atoms with E-state index in [1.165, 1.54) is 22.6 Å². The first kappa shape index (κ1) is 19.1. The number of hydrogen-bond acceptors (Lipinski definition) is 3. The topological polar surface area (TPSA) is 57.7 Å². The molecule has 1 amide bonds. The molecule has 0 aromatic heterocycles. The molecule has 5 nitrogen and oxygen atoms in total. The molecule has 0 N–H and O–H groups in total. The van der Waals surface area contributed by atoms with E-state index < -0.39 is 10.0 Å². The number of sulfonamides is 1. The summed E-state index contributed by atoms with van der Waals surface area (Å²) >= 11 is 0. The average molecular weight is 377 g/mol. The third kappa shape index (κ3) is 4.95. The minimum Gasteiger partial charge on any atom is -0.342 e. The van der Waals surface area contributed by atoms with Gasteiger partial charge in [-0.05, 0) is 37.3 Å². The van der Waals surface area contributed by atoms with Crippen molar-refractivity contribution in [3.05, 3.63) is 41.3 Å². The summed E-state index contributed by atoms with van der Waals surface area (Å²) in [4.78, 5) is 14.7. The molecular weight excluding hydrogens is 348 g/mol. The van der Waals surface area contributed by atoms with Crippen LogP contribution in [0.25, 0.3) is 6.08 Å². The monoisotopic (exact) mass is 376 g/mol. The third-order valence-corrected chi connectivity index (χ3v) is 6.88. The maximum atomic E-state index is 12.7. The number of hydrogen-bond donors (Lipinski definition) is 0. The molecule has 0 saturated carbocycles. The molecule has 2 fully saturated rings. The quantitative estimate of drug-likeness (QED) is 0.811. The summed E-state index contributed by atoms with van der Waals surface area (Å²) in [6.07, 6.45) is 7.44. The molecule has 2 heterocycles. The lowest BCUT2D eigenvalue weighted by molar-refractivity contribution is -0.136. The van der Waals surface area contributed by atoms with Crippen LogP contribution in [0.15, 0.2) is 35.7 Å². The fourth-order valence-electron chi connectivity index (χ4n) is 3.72. The van der Waals surface area contributed by atoms with Crippen molar-refractivity contribution < 1.29 is 13.2 Å². The Labute approximate surface area is 156 Å². The second kappa shape index (κ2) is 8.82. The van der Waals surface area contributed by atoms with E-state index in [0.717, 1.165) is 31.5 Å². The molecule has 6 heteroatoms. The van der Waals surface area contributed by atoms with Gasteiger partial charge in [-0.2, -0.15) is 4.31 Å². The molecule has 3 rings (SSSR count). The summed E-state index contributed by atoms with van der Waals surface area (Å²) in [6, 6.07) is 9.41. The first-order valence-corrected chi connectivity index (χ1v) is 11.1. The van der Waals surface area contributed by atoms with Crippen LogP contribution in [0.2, 0.25) is 0 Å². The first-order chi connectivity index (χ1) is 12.6. The predicted molar refractivity (Wildman–Crippen MR) is 104 cm³/mol. The molecule has 2 aliphatic heterocycles. The molecule has 0 aliphatic carbocycles. The summed E-state index contributed by atoms with van der Waals surface area (Å²) in [7, 11) is -3.43. The van der Waals surface area contributed by atoms with Crippen LogP contribution >= 0.6 is 0 Å². The van der Waals surface area contributed by atoms with Gasteiger partial charge in [-0.15, -0.1) is 0 Å². The van der Waals surface area contributed by atoms with Crippen molar-refractivity contribution in [1.82, 2.24) is 9.21 Å². The fraction of sp³-hybridized carbons (Fsp3) is 0.550. The summed E-state index contributed by atoms with van der Waals surface area (Å²) in [5, 5.41) is 1.28. The highest BCUT2D eigenvalue weighted by Crippen LogP contribution is 2.24. The van der Waals surface area contributed by atoms with Gasteiger partial charge in [0, 0.05) is 37.5 Å². The molecule has 1 aromatic carbocycles. The van der Waals surface area contributed by atoms with E-state index in [-0.39, 0.29) is 11.8 Å². The third-order valence-electron chi connectivity index (χ3n) is 5.31. The van der Waals surface area contributed by atoms with Crippen LogP contribution in [-0.4, -0.2) is 49.7 Å². The Morgan fingerprint density at radius 1 is 0.923 bits per heavy atom. The largest absolute Gasteiger partial charge is 0.342 e. The van der Waals surface area contributed by atoms with Gasteiger partial charge in [-0.1, -0.05) is 43.2 Å². The lowest BCUT2D eigenvalue weighted by Gasteiger charge is -2.32. The van der Waals surface area contributed by atoms with Crippen LogP contribution in [0.3, 0.4) is 0 Å². The van der Waals surface area contributed by atoms with Gasteiger partial charge >= 0.3 is 0 Å². The number of carbonyl (C=O) groups is 1. The zero-order valence-corrected chi connectivity index (χ0v) is 16.0. The molecule has 0 spiro atoms. The molecule has 0 radical (unpaired) electrons. The van der Waals surface area contributed by atoms with Crippen molar-refractivity contribution in [3.8, 4) is 0 Å². The molecule has 2 saturated heterocycles. The van der Waals surface area contributed by atoms with E-state index in [0.29, 0.717) is 25.9 Å². The molecule has 142 valence electrons. The molecule has 0 bridgehead atoms. The number of nitrogens with zero attached hydrogens (tertiary/aromatic N) is 2. The van der Waals surface area contributed by atoms with Gasteiger partial charge in [0.15, 0.2) is 0 Å². The van der Waals surface area contributed by atoms with Gasteiger partial charge < -0.3 is 4.90 Å². The Morgan fingerprint density at radius 3 is 2.15 bits per heavy atom. The summed E-state index contributed by atoms with van der Waals surface area (Å²) in [5.41, 5.74) is 0.863. The first-order valence-electron chi connectivity index (χ1n) is 9.58. The molecule has 0 unspecified atom stereocenters. The summed E-state index contributed by atoms with van der Waals surface area (Å²) in [5.74, 6) is 0.196. The zero-order valence-electron chi connectivity index (χ0n) is 15.2. The van der Waals surface area contributed by atoms with Crippen LogP contribution in [0.5, 0.6) is 0 Å². The molecule has 2 aliphatic rings. The minimum atomic E-state index is -3.43. The number of piperidine rings is 1. The number of benzene rings is 1. The second-order valence-electron chi connectivity index (χ2n) is 7.17. The highest BCUT2D eigenvalue weighted by molar-refractivity contribution is 7.92. The molecular formula is C20H28N2O3S. The maximum Gasteiger partial charge on any atom is 0.236 e. The standard InChI is InChI=1S/C20H28N2O3S/c23-20(21-13-6-1-2-7-14-21)19-10-15-22(16-11-19)26(24,25)17-12-18-8-4-3-5-9-18/h3-5,8-9,12,17,19H,1-2,6-7,10-11,13-16H2/b17-12+. The summed E-state index contributed by atoms with van der Waals surface area (Å²) in [6.45, 7) is 2.56. The lowest BCUT2D eigenvalue weighted by Crippen LogP contribution is -2.44. The number of likely N-dealkylation sites (tertiary alicyclic amines) is 1. The summed E-state index contributed by atoms with van der Waals surface area (Å²) < 4.78 is 26.6. The second-order valence-corrected chi connectivity index (χ2v) is 8.99. The van der Waals surface area contributed by atoms with Crippen molar-refractivity contribution in [2.24, 2.45) is 5.92 Å². The van der Waals surface area contributed by atoms with Gasteiger partial charge in [0.2, 0.25) is 15.9 Å². The van der Waals surface area contributed by atoms with Crippen LogP contribution < -0.4 is 0 Å². The number of carbonyl (C=O) groups excluding carboxylic acids is 1. The van der Waals surface area contributed by atoms with Gasteiger partial charge in [0.25, 0.3) is 0 Å². The van der Waals surface area contributed by atoms with Crippen molar-refractivity contribution in [2.45, 2.75) is 38.5 Å². The van der Waals surface area contributed by atoms with E-state index in [1.807, 2.05) is 35.2 Å². The molecule has 26 heavy (non-hydrogen) atoms. The Hall–Kier alpha value is -1.66. The molecule has 0 atom stereocenters. The van der Waals surface area contributed by atoms with Crippen LogP contribution in [0, 0.1) is 5.92 Å². The van der Waals surface area contributed by atoms with Crippen LogP contribution in [0.1, 0.15) is 44.1 Å². The van der Waals surface area contributed by atoms with E-state index >= 15 is 0 Å². The number of amides is 1. The minimum absolute atomic E-state index is 0.0300. The smallest absolute Gasteiger partial charge is 0.236 e. The van der Waals surface area contributed by atoms with Crippen molar-refractivity contribution in [3.63, 3.8) is 0 Å². The fourth-order valence-corrected chi connectivity index (χ4v) is 4.94. The van der Waals surface area contributed by atoms with Gasteiger partial charge in [0.05, 0.1) is 0 Å². The Kier molecular flexibility index (Phi) is 6.48. The Bertz CT molecular complexity index is 715. The van der Waals surface area contributed by atoms with E-state index in [9.17, 15) is 13.2 Å². The van der Waals surface area contributed by atoms with E-state index in [2.05, 4.69) is 0 Å². The predicted octanol–water partition coefficient (Wildman–Crippen LogP) is 3.10. The average Bonchev–Trinajstić information content (AvgIpc) is 2.96. The zero-order chi connectivity index (χ0) is 18.4. The Morgan fingerprint density at radius 2 is 1.54 bits per heavy atom. The van der Waals surface area contributed by atoms with E-state index in [4.69, 9.17) is 0 Å². The normalized spacial score (nSPS) is 21.0. The van der Waals surface area contributed by atoms with Crippen LogP contribution in [0.4, 0.5) is 0 Å². The maximum absolute atomic E-state index is 12.7. The SMILES string of the molecule is O=C(C1CCN(S(=O)(=O)/C=C/c2ccccc2)CC1)N1CCCCCC1. The lowest BCUT2D eigenvalue weighted by atomic mass is 9.96. The van der Waals surface area contributed by atoms with Crippen LogP contribution in [-0.2, 0) is 14.8 Å². The highest BCUT2D eigenvalue weighted by Gasteiger charge is 2.32. The Balaban J connectivity index is 1.55. The highest BCUT2D eigenvalue weighted by atomic mass is 32.2.